The van der Waals surface area contributed by atoms with Crippen LogP contribution in [0.3, 0.4) is 0 Å². The summed E-state index contributed by atoms with van der Waals surface area (Å²) in [5, 5.41) is 0.762. The van der Waals surface area contributed by atoms with Crippen molar-refractivity contribution in [2.45, 2.75) is 12.3 Å². The first kappa shape index (κ1) is 17.4. The third kappa shape index (κ3) is 2.56. The molecule has 1 aromatic heterocycles. The molecule has 0 spiro atoms. The Morgan fingerprint density at radius 3 is 2.48 bits per heavy atom. The van der Waals surface area contributed by atoms with Gasteiger partial charge in [-0.1, -0.05) is 18.2 Å². The molecule has 2 heterocycles. The average Bonchev–Trinajstić information content (AvgIpc) is 3.00. The zero-order chi connectivity index (χ0) is 19.5. The Hall–Kier alpha value is -3.00. The summed E-state index contributed by atoms with van der Waals surface area (Å²) >= 11 is 0. The van der Waals surface area contributed by atoms with Gasteiger partial charge in [0.1, 0.15) is 6.17 Å². The molecule has 0 radical (unpaired) electrons. The van der Waals surface area contributed by atoms with E-state index < -0.39 is 17.9 Å². The Labute approximate surface area is 153 Å². The van der Waals surface area contributed by atoms with Gasteiger partial charge in [-0.3, -0.25) is 0 Å². The number of rotatable bonds is 1. The molecule has 0 saturated heterocycles. The average molecular weight is 373 g/mol. The highest BCUT2D eigenvalue weighted by atomic mass is 19.4. The monoisotopic (exact) mass is 373 g/mol. The third-order valence-electron chi connectivity index (χ3n) is 5.01. The van der Waals surface area contributed by atoms with Crippen molar-refractivity contribution >= 4 is 22.5 Å². The van der Waals surface area contributed by atoms with Crippen LogP contribution in [0.4, 0.5) is 18.9 Å². The summed E-state index contributed by atoms with van der Waals surface area (Å²) in [5.41, 5.74) is 14.0. The van der Waals surface area contributed by atoms with Gasteiger partial charge in [-0.25, -0.2) is 4.99 Å². The molecular weight excluding hydrogens is 355 g/mol. The van der Waals surface area contributed by atoms with Gasteiger partial charge in [-0.15, -0.1) is 0 Å². The molecule has 1 aliphatic heterocycles. The Bertz CT molecular complexity index is 1080. The van der Waals surface area contributed by atoms with Crippen molar-refractivity contribution in [1.82, 2.24) is 9.47 Å². The number of aliphatic imine (C=N–C) groups is 1. The molecule has 2 aromatic carbocycles. The minimum Gasteiger partial charge on any atom is -0.369 e. The first-order valence-corrected chi connectivity index (χ1v) is 8.31. The molecule has 1 aliphatic rings. The highest BCUT2D eigenvalue weighted by Crippen LogP contribution is 2.45. The van der Waals surface area contributed by atoms with Crippen molar-refractivity contribution in [3.63, 3.8) is 0 Å². The molecule has 1 atom stereocenters. The molecule has 27 heavy (non-hydrogen) atoms. The SMILES string of the molecule is CN1C(N)=Nc2cc(-c3ccccc3C(F)(F)F)c3c(ccn3C)c2C1N. The Kier molecular flexibility index (Phi) is 3.71. The van der Waals surface area contributed by atoms with Crippen molar-refractivity contribution < 1.29 is 13.2 Å². The van der Waals surface area contributed by atoms with Gasteiger partial charge in [0, 0.05) is 36.8 Å². The fourth-order valence-electron chi connectivity index (χ4n) is 3.62. The molecule has 5 nitrogen and oxygen atoms in total. The molecule has 140 valence electrons. The van der Waals surface area contributed by atoms with Crippen LogP contribution in [0.25, 0.3) is 22.0 Å². The van der Waals surface area contributed by atoms with Crippen molar-refractivity contribution in [1.29, 1.82) is 0 Å². The van der Waals surface area contributed by atoms with E-state index in [-0.39, 0.29) is 11.5 Å². The van der Waals surface area contributed by atoms with Crippen LogP contribution in [-0.2, 0) is 13.2 Å². The van der Waals surface area contributed by atoms with Crippen molar-refractivity contribution in [3.8, 4) is 11.1 Å². The molecule has 8 heteroatoms. The van der Waals surface area contributed by atoms with Crippen molar-refractivity contribution in [2.75, 3.05) is 7.05 Å². The standard InChI is InChI=1S/C19H18F3N5/c1-26-8-7-11-15-14(25-18(24)27(2)17(15)23)9-12(16(11)26)10-5-3-4-6-13(10)19(20,21)22/h3-9,17H,23H2,1-2H3,(H2,24,25). The highest BCUT2D eigenvalue weighted by Gasteiger charge is 2.35. The number of aromatic nitrogens is 1. The zero-order valence-corrected chi connectivity index (χ0v) is 14.7. The van der Waals surface area contributed by atoms with Crippen LogP contribution < -0.4 is 11.5 Å². The van der Waals surface area contributed by atoms with E-state index in [1.54, 1.807) is 41.9 Å². The summed E-state index contributed by atoms with van der Waals surface area (Å²) in [6, 6.07) is 9.02. The summed E-state index contributed by atoms with van der Waals surface area (Å²) in [6.45, 7) is 0. The van der Waals surface area contributed by atoms with E-state index in [1.165, 1.54) is 12.1 Å². The van der Waals surface area contributed by atoms with Crippen molar-refractivity contribution in [3.05, 3.63) is 53.7 Å². The van der Waals surface area contributed by atoms with Gasteiger partial charge in [-0.2, -0.15) is 13.2 Å². The van der Waals surface area contributed by atoms with Crippen molar-refractivity contribution in [2.24, 2.45) is 23.5 Å². The summed E-state index contributed by atoms with van der Waals surface area (Å²) < 4.78 is 42.6. The number of halogens is 3. The normalized spacial score (nSPS) is 17.2. The largest absolute Gasteiger partial charge is 0.417 e. The second-order valence-corrected chi connectivity index (χ2v) is 6.61. The van der Waals surface area contributed by atoms with E-state index in [4.69, 9.17) is 11.5 Å². The lowest BCUT2D eigenvalue weighted by molar-refractivity contribution is -0.137. The lowest BCUT2D eigenvalue weighted by Crippen LogP contribution is -2.42. The van der Waals surface area contributed by atoms with Crippen LogP contribution in [-0.4, -0.2) is 22.5 Å². The zero-order valence-electron chi connectivity index (χ0n) is 14.7. The van der Waals surface area contributed by atoms with E-state index in [9.17, 15) is 13.2 Å². The number of fused-ring (bicyclic) bond motifs is 3. The highest BCUT2D eigenvalue weighted by molar-refractivity contribution is 6.02. The molecule has 0 amide bonds. The van der Waals surface area contributed by atoms with Gasteiger partial charge in [0.15, 0.2) is 5.96 Å². The fourth-order valence-corrected chi connectivity index (χ4v) is 3.62. The predicted octanol–water partition coefficient (Wildman–Crippen LogP) is 3.71. The van der Waals surface area contributed by atoms with Crippen LogP contribution in [0.1, 0.15) is 17.3 Å². The maximum absolute atomic E-state index is 13.6. The lowest BCUT2D eigenvalue weighted by atomic mass is 9.93. The van der Waals surface area contributed by atoms with E-state index in [0.29, 0.717) is 16.8 Å². The summed E-state index contributed by atoms with van der Waals surface area (Å²) in [4.78, 5) is 6.00. The summed E-state index contributed by atoms with van der Waals surface area (Å²) in [6.07, 6.45) is -3.20. The van der Waals surface area contributed by atoms with Gasteiger partial charge in [-0.05, 0) is 23.8 Å². The number of alkyl halides is 3. The number of hydrogen-bond acceptors (Lipinski definition) is 4. The number of nitrogens with zero attached hydrogens (tertiary/aromatic N) is 3. The van der Waals surface area contributed by atoms with Gasteiger partial charge in [0.25, 0.3) is 0 Å². The van der Waals surface area contributed by atoms with Crippen LogP contribution in [0.5, 0.6) is 0 Å². The van der Waals surface area contributed by atoms with Gasteiger partial charge >= 0.3 is 6.18 Å². The first-order valence-electron chi connectivity index (χ1n) is 8.31. The predicted molar refractivity (Wildman–Crippen MR) is 99.3 cm³/mol. The second kappa shape index (κ2) is 5.75. The number of aryl methyl sites for hydroxylation is 1. The third-order valence-corrected chi connectivity index (χ3v) is 5.01. The van der Waals surface area contributed by atoms with E-state index in [2.05, 4.69) is 4.99 Å². The summed E-state index contributed by atoms with van der Waals surface area (Å²) in [7, 11) is 3.53. The Morgan fingerprint density at radius 2 is 1.78 bits per heavy atom. The maximum Gasteiger partial charge on any atom is 0.417 e. The minimum atomic E-state index is -4.47. The molecule has 4 N–H and O–H groups in total. The maximum atomic E-state index is 13.6. The van der Waals surface area contributed by atoms with E-state index in [1.807, 2.05) is 6.07 Å². The van der Waals surface area contributed by atoms with Crippen LogP contribution in [0, 0.1) is 0 Å². The number of guanidine groups is 1. The molecule has 0 bridgehead atoms. The quantitative estimate of drug-likeness (QED) is 0.683. The second-order valence-electron chi connectivity index (χ2n) is 6.61. The number of hydrogen-bond donors (Lipinski definition) is 2. The lowest BCUT2D eigenvalue weighted by Gasteiger charge is -2.32. The molecule has 3 aromatic rings. The Balaban J connectivity index is 2.11. The fraction of sp³-hybridized carbons (Fsp3) is 0.211. The molecule has 0 fully saturated rings. The molecule has 0 saturated carbocycles. The van der Waals surface area contributed by atoms with Gasteiger partial charge < -0.3 is 20.9 Å². The number of nitrogens with two attached hydrogens (primary N) is 2. The minimum absolute atomic E-state index is 0.0980. The van der Waals surface area contributed by atoms with Crippen LogP contribution in [0.2, 0.25) is 0 Å². The molecule has 4 rings (SSSR count). The topological polar surface area (TPSA) is 72.6 Å². The van der Waals surface area contributed by atoms with Crippen LogP contribution >= 0.6 is 0 Å². The Morgan fingerprint density at radius 1 is 1.07 bits per heavy atom. The van der Waals surface area contributed by atoms with Gasteiger partial charge in [0.2, 0.25) is 0 Å². The molecular formula is C19H18F3N5. The smallest absolute Gasteiger partial charge is 0.369 e. The van der Waals surface area contributed by atoms with Crippen LogP contribution in [0.15, 0.2) is 47.6 Å². The summed E-state index contributed by atoms with van der Waals surface area (Å²) in [5.74, 6) is 0.223. The van der Waals surface area contributed by atoms with E-state index in [0.717, 1.165) is 17.0 Å². The molecule has 1 unspecified atom stereocenters. The van der Waals surface area contributed by atoms with E-state index >= 15 is 0 Å². The molecule has 0 aliphatic carbocycles. The van der Waals surface area contributed by atoms with Gasteiger partial charge in [0.05, 0.1) is 16.8 Å². The number of benzene rings is 2. The first-order chi connectivity index (χ1) is 12.7.